The Labute approximate surface area is 117 Å². The van der Waals surface area contributed by atoms with Crippen LogP contribution in [0.3, 0.4) is 0 Å². The van der Waals surface area contributed by atoms with Gasteiger partial charge in [-0.3, -0.25) is 4.90 Å². The fraction of sp³-hybridized carbons (Fsp3) is 0.750. The van der Waals surface area contributed by atoms with Gasteiger partial charge in [0.2, 0.25) is 0 Å². The maximum Gasteiger partial charge on any atom is 0.118 e. The molecular weight excluding hydrogens is 236 g/mol. The average Bonchev–Trinajstić information content (AvgIpc) is 2.83. The fourth-order valence-electron chi connectivity index (χ4n) is 2.91. The Morgan fingerprint density at radius 3 is 2.79 bits per heavy atom. The molecule has 108 valence electrons. The van der Waals surface area contributed by atoms with Crippen LogP contribution >= 0.6 is 0 Å². The van der Waals surface area contributed by atoms with Gasteiger partial charge in [-0.25, -0.2) is 0 Å². The van der Waals surface area contributed by atoms with Crippen LogP contribution in [-0.2, 0) is 6.54 Å². The van der Waals surface area contributed by atoms with Crippen molar-refractivity contribution in [1.29, 1.82) is 0 Å². The van der Waals surface area contributed by atoms with Crippen LogP contribution in [0.1, 0.15) is 45.1 Å². The first-order valence-electron chi connectivity index (χ1n) is 7.66. The van der Waals surface area contributed by atoms with E-state index >= 15 is 0 Å². The summed E-state index contributed by atoms with van der Waals surface area (Å²) in [7, 11) is 0. The van der Waals surface area contributed by atoms with E-state index in [0.717, 1.165) is 37.1 Å². The maximum absolute atomic E-state index is 5.74. The van der Waals surface area contributed by atoms with Gasteiger partial charge in [-0.05, 0) is 31.4 Å². The Bertz CT molecular complexity index is 388. The van der Waals surface area contributed by atoms with Crippen molar-refractivity contribution in [2.45, 2.75) is 59.2 Å². The van der Waals surface area contributed by atoms with Gasteiger partial charge in [0.25, 0.3) is 0 Å². The molecular formula is C16H28N2O. The second-order valence-corrected chi connectivity index (χ2v) is 5.90. The van der Waals surface area contributed by atoms with Crippen molar-refractivity contribution in [3.63, 3.8) is 0 Å². The number of hydrogen-bond acceptors (Lipinski definition) is 3. The van der Waals surface area contributed by atoms with Crippen LogP contribution in [0, 0.1) is 12.8 Å². The van der Waals surface area contributed by atoms with E-state index in [1.807, 2.05) is 6.92 Å². The van der Waals surface area contributed by atoms with E-state index in [4.69, 9.17) is 4.42 Å². The first kappa shape index (κ1) is 14.6. The van der Waals surface area contributed by atoms with Crippen molar-refractivity contribution in [3.8, 4) is 0 Å². The second kappa shape index (κ2) is 6.58. The van der Waals surface area contributed by atoms with Gasteiger partial charge < -0.3 is 9.73 Å². The van der Waals surface area contributed by atoms with E-state index in [1.165, 1.54) is 12.8 Å². The lowest BCUT2D eigenvalue weighted by molar-refractivity contribution is 0.0921. The molecule has 3 nitrogen and oxygen atoms in total. The summed E-state index contributed by atoms with van der Waals surface area (Å²) in [6, 6.07) is 5.42. The number of piperazine rings is 1. The zero-order valence-electron chi connectivity index (χ0n) is 12.8. The summed E-state index contributed by atoms with van der Waals surface area (Å²) < 4.78 is 5.74. The van der Waals surface area contributed by atoms with Crippen LogP contribution in [0.15, 0.2) is 16.5 Å². The van der Waals surface area contributed by atoms with Crippen LogP contribution in [-0.4, -0.2) is 30.1 Å². The lowest BCUT2D eigenvalue weighted by Gasteiger charge is -2.41. The molecule has 0 radical (unpaired) electrons. The van der Waals surface area contributed by atoms with Crippen LogP contribution in [0.4, 0.5) is 0 Å². The predicted molar refractivity (Wildman–Crippen MR) is 79.2 cm³/mol. The summed E-state index contributed by atoms with van der Waals surface area (Å²) in [6.45, 7) is 12.1. The molecule has 3 heteroatoms. The van der Waals surface area contributed by atoms with Gasteiger partial charge in [0.1, 0.15) is 11.5 Å². The van der Waals surface area contributed by atoms with E-state index in [1.54, 1.807) is 0 Å². The molecule has 0 aromatic carbocycles. The SMILES string of the molecule is CCC(C)C1CN(Cc2ccc(C)o2)C(CC)CN1. The Morgan fingerprint density at radius 2 is 2.21 bits per heavy atom. The molecule has 3 atom stereocenters. The highest BCUT2D eigenvalue weighted by molar-refractivity contribution is 5.06. The zero-order valence-corrected chi connectivity index (χ0v) is 12.8. The molecule has 0 amide bonds. The van der Waals surface area contributed by atoms with E-state index < -0.39 is 0 Å². The van der Waals surface area contributed by atoms with Crippen molar-refractivity contribution >= 4 is 0 Å². The van der Waals surface area contributed by atoms with Crippen LogP contribution in [0.2, 0.25) is 0 Å². The van der Waals surface area contributed by atoms with Crippen molar-refractivity contribution in [2.24, 2.45) is 5.92 Å². The molecule has 1 aromatic rings. The van der Waals surface area contributed by atoms with Crippen molar-refractivity contribution < 1.29 is 4.42 Å². The van der Waals surface area contributed by atoms with Crippen LogP contribution < -0.4 is 5.32 Å². The zero-order chi connectivity index (χ0) is 13.8. The first-order chi connectivity index (χ1) is 9.13. The normalized spacial score (nSPS) is 26.5. The summed E-state index contributed by atoms with van der Waals surface area (Å²) >= 11 is 0. The molecule has 0 aliphatic carbocycles. The average molecular weight is 264 g/mol. The second-order valence-electron chi connectivity index (χ2n) is 5.90. The molecule has 1 saturated heterocycles. The number of hydrogen-bond donors (Lipinski definition) is 1. The van der Waals surface area contributed by atoms with E-state index in [-0.39, 0.29) is 0 Å². The number of rotatable bonds is 5. The van der Waals surface area contributed by atoms with Gasteiger partial charge in [-0.1, -0.05) is 27.2 Å². The van der Waals surface area contributed by atoms with E-state index in [0.29, 0.717) is 12.1 Å². The molecule has 0 bridgehead atoms. The Balaban J connectivity index is 2.01. The standard InChI is InChI=1S/C16H28N2O/c1-5-12(3)16-11-18(14(6-2)9-17-16)10-15-8-7-13(4)19-15/h7-8,12,14,16-17H,5-6,9-11H2,1-4H3. The largest absolute Gasteiger partial charge is 0.465 e. The fourth-order valence-corrected chi connectivity index (χ4v) is 2.91. The Morgan fingerprint density at radius 1 is 1.42 bits per heavy atom. The summed E-state index contributed by atoms with van der Waals surface area (Å²) in [5, 5.41) is 3.72. The van der Waals surface area contributed by atoms with Gasteiger partial charge in [-0.15, -0.1) is 0 Å². The minimum atomic E-state index is 0.615. The highest BCUT2D eigenvalue weighted by Gasteiger charge is 2.29. The molecule has 1 fully saturated rings. The third-order valence-electron chi connectivity index (χ3n) is 4.52. The molecule has 1 aliphatic heterocycles. The van der Waals surface area contributed by atoms with Crippen molar-refractivity contribution in [1.82, 2.24) is 10.2 Å². The minimum Gasteiger partial charge on any atom is -0.465 e. The molecule has 2 heterocycles. The smallest absolute Gasteiger partial charge is 0.118 e. The van der Waals surface area contributed by atoms with Crippen LogP contribution in [0.25, 0.3) is 0 Å². The quantitative estimate of drug-likeness (QED) is 0.885. The molecule has 0 saturated carbocycles. The van der Waals surface area contributed by atoms with E-state index in [2.05, 4.69) is 43.1 Å². The van der Waals surface area contributed by atoms with Gasteiger partial charge in [0.15, 0.2) is 0 Å². The maximum atomic E-state index is 5.74. The lowest BCUT2D eigenvalue weighted by Crippen LogP contribution is -2.57. The Hall–Kier alpha value is -0.800. The number of nitrogens with one attached hydrogen (secondary N) is 1. The molecule has 1 aliphatic rings. The van der Waals surface area contributed by atoms with Gasteiger partial charge >= 0.3 is 0 Å². The monoisotopic (exact) mass is 264 g/mol. The summed E-state index contributed by atoms with van der Waals surface area (Å²) in [5.74, 6) is 2.84. The summed E-state index contributed by atoms with van der Waals surface area (Å²) in [6.07, 6.45) is 2.43. The summed E-state index contributed by atoms with van der Waals surface area (Å²) in [5.41, 5.74) is 0. The summed E-state index contributed by atoms with van der Waals surface area (Å²) in [4.78, 5) is 2.59. The topological polar surface area (TPSA) is 28.4 Å². The van der Waals surface area contributed by atoms with Gasteiger partial charge in [0, 0.05) is 25.2 Å². The predicted octanol–water partition coefficient (Wildman–Crippen LogP) is 3.19. The first-order valence-corrected chi connectivity index (χ1v) is 7.66. The molecule has 1 aromatic heterocycles. The lowest BCUT2D eigenvalue weighted by atomic mass is 9.95. The molecule has 2 rings (SSSR count). The van der Waals surface area contributed by atoms with Gasteiger partial charge in [-0.2, -0.15) is 0 Å². The number of aryl methyl sites for hydroxylation is 1. The highest BCUT2D eigenvalue weighted by Crippen LogP contribution is 2.20. The molecule has 3 unspecified atom stereocenters. The third-order valence-corrected chi connectivity index (χ3v) is 4.52. The third kappa shape index (κ3) is 3.61. The van der Waals surface area contributed by atoms with Gasteiger partial charge in [0.05, 0.1) is 6.54 Å². The van der Waals surface area contributed by atoms with E-state index in [9.17, 15) is 0 Å². The number of furan rings is 1. The molecule has 1 N–H and O–H groups in total. The van der Waals surface area contributed by atoms with Crippen molar-refractivity contribution in [3.05, 3.63) is 23.7 Å². The van der Waals surface area contributed by atoms with Crippen molar-refractivity contribution in [2.75, 3.05) is 13.1 Å². The minimum absolute atomic E-state index is 0.615. The highest BCUT2D eigenvalue weighted by atomic mass is 16.3. The molecule has 19 heavy (non-hydrogen) atoms. The Kier molecular flexibility index (Phi) is 5.06. The number of nitrogens with zero attached hydrogens (tertiary/aromatic N) is 1. The van der Waals surface area contributed by atoms with Crippen LogP contribution in [0.5, 0.6) is 0 Å². The molecule has 0 spiro atoms.